The first kappa shape index (κ1) is 8.77. The minimum absolute atomic E-state index is 0.333. The van der Waals surface area contributed by atoms with E-state index >= 15 is 0 Å². The summed E-state index contributed by atoms with van der Waals surface area (Å²) in [5.74, 6) is 0.845. The van der Waals surface area contributed by atoms with Crippen molar-refractivity contribution in [2.45, 2.75) is 25.2 Å². The molecule has 1 aliphatic rings. The molecule has 0 aliphatic heterocycles. The van der Waals surface area contributed by atoms with Crippen LogP contribution in [-0.4, -0.2) is 16.7 Å². The van der Waals surface area contributed by atoms with Gasteiger partial charge in [-0.1, -0.05) is 6.92 Å². The van der Waals surface area contributed by atoms with Gasteiger partial charge in [-0.25, -0.2) is 4.52 Å². The molecule has 78 valence electrons. The van der Waals surface area contributed by atoms with Gasteiger partial charge in [0.2, 0.25) is 0 Å². The van der Waals surface area contributed by atoms with Crippen LogP contribution in [0.5, 0.6) is 5.75 Å². The highest BCUT2D eigenvalue weighted by molar-refractivity contribution is 5.51. The van der Waals surface area contributed by atoms with Crippen molar-refractivity contribution in [3.05, 3.63) is 30.1 Å². The quantitative estimate of drug-likeness (QED) is 0.747. The predicted octanol–water partition coefficient (Wildman–Crippen LogP) is 2.39. The summed E-state index contributed by atoms with van der Waals surface area (Å²) in [6.45, 7) is 2.27. The molecule has 3 heteroatoms. The van der Waals surface area contributed by atoms with Crippen LogP contribution in [0.4, 0.5) is 0 Å². The lowest BCUT2D eigenvalue weighted by molar-refractivity contribution is 0.411. The van der Waals surface area contributed by atoms with Crippen LogP contribution in [0.2, 0.25) is 0 Å². The fraction of sp³-hybridized carbons (Fsp3) is 0.417. The maximum Gasteiger partial charge on any atom is 0.137 e. The second-order valence-electron chi connectivity index (χ2n) is 4.53. The van der Waals surface area contributed by atoms with Gasteiger partial charge in [0.1, 0.15) is 5.75 Å². The summed E-state index contributed by atoms with van der Waals surface area (Å²) >= 11 is 0. The van der Waals surface area contributed by atoms with Gasteiger partial charge in [-0.15, -0.1) is 0 Å². The van der Waals surface area contributed by atoms with Gasteiger partial charge in [0.05, 0.1) is 24.5 Å². The molecular formula is C12H14N2O. The van der Waals surface area contributed by atoms with Crippen LogP contribution < -0.4 is 4.74 Å². The van der Waals surface area contributed by atoms with Gasteiger partial charge in [0, 0.05) is 5.41 Å². The predicted molar refractivity (Wildman–Crippen MR) is 58.3 cm³/mol. The van der Waals surface area contributed by atoms with E-state index in [9.17, 15) is 0 Å². The molecule has 15 heavy (non-hydrogen) atoms. The Morgan fingerprint density at radius 2 is 2.20 bits per heavy atom. The van der Waals surface area contributed by atoms with Crippen LogP contribution in [0, 0.1) is 0 Å². The summed E-state index contributed by atoms with van der Waals surface area (Å²) < 4.78 is 7.07. The summed E-state index contributed by atoms with van der Waals surface area (Å²) in [6.07, 6.45) is 4.44. The second kappa shape index (κ2) is 2.75. The van der Waals surface area contributed by atoms with Crippen molar-refractivity contribution in [3.63, 3.8) is 0 Å². The van der Waals surface area contributed by atoms with Crippen molar-refractivity contribution in [3.8, 4) is 5.75 Å². The first-order valence-corrected chi connectivity index (χ1v) is 5.25. The van der Waals surface area contributed by atoms with Gasteiger partial charge in [-0.05, 0) is 31.0 Å². The van der Waals surface area contributed by atoms with Crippen LogP contribution in [0.1, 0.15) is 25.5 Å². The van der Waals surface area contributed by atoms with Crippen molar-refractivity contribution in [1.29, 1.82) is 0 Å². The number of pyridine rings is 1. The number of aromatic nitrogens is 2. The summed E-state index contributed by atoms with van der Waals surface area (Å²) in [5, 5.41) is 4.59. The van der Waals surface area contributed by atoms with Crippen LogP contribution in [-0.2, 0) is 5.41 Å². The molecule has 0 saturated heterocycles. The monoisotopic (exact) mass is 202 g/mol. The zero-order valence-corrected chi connectivity index (χ0v) is 9.03. The van der Waals surface area contributed by atoms with Crippen molar-refractivity contribution in [2.24, 2.45) is 0 Å². The zero-order valence-electron chi connectivity index (χ0n) is 9.03. The third-order valence-electron chi connectivity index (χ3n) is 3.29. The molecule has 0 bridgehead atoms. The number of rotatable bonds is 2. The maximum atomic E-state index is 5.17. The molecule has 0 unspecified atom stereocenters. The molecule has 3 rings (SSSR count). The van der Waals surface area contributed by atoms with Gasteiger partial charge in [0.25, 0.3) is 0 Å². The smallest absolute Gasteiger partial charge is 0.137 e. The zero-order chi connectivity index (χ0) is 10.5. The summed E-state index contributed by atoms with van der Waals surface area (Å²) in [7, 11) is 1.67. The molecule has 0 amide bonds. The van der Waals surface area contributed by atoms with Crippen LogP contribution in [0.3, 0.4) is 0 Å². The third-order valence-corrected chi connectivity index (χ3v) is 3.29. The number of methoxy groups -OCH3 is 1. The van der Waals surface area contributed by atoms with Gasteiger partial charge in [-0.3, -0.25) is 0 Å². The van der Waals surface area contributed by atoms with E-state index in [1.54, 1.807) is 7.11 Å². The fourth-order valence-electron chi connectivity index (χ4n) is 1.83. The summed E-state index contributed by atoms with van der Waals surface area (Å²) in [6, 6.07) is 6.18. The number of nitrogens with zero attached hydrogens (tertiary/aromatic N) is 2. The van der Waals surface area contributed by atoms with E-state index in [4.69, 9.17) is 4.74 Å². The lowest BCUT2D eigenvalue weighted by atomic mass is 10.1. The Balaban J connectivity index is 2.13. The summed E-state index contributed by atoms with van der Waals surface area (Å²) in [5.41, 5.74) is 2.67. The van der Waals surface area contributed by atoms with Crippen LogP contribution in [0.25, 0.3) is 5.52 Å². The normalized spacial score (nSPS) is 18.0. The largest absolute Gasteiger partial charge is 0.495 e. The Morgan fingerprint density at radius 3 is 2.87 bits per heavy atom. The SMILES string of the molecule is COc1ccc2cc(C3(C)CC3)nn2c1. The van der Waals surface area contributed by atoms with E-state index in [-0.39, 0.29) is 0 Å². The topological polar surface area (TPSA) is 26.5 Å². The molecule has 1 saturated carbocycles. The van der Waals surface area contributed by atoms with Gasteiger partial charge in [-0.2, -0.15) is 5.10 Å². The molecule has 1 fully saturated rings. The minimum atomic E-state index is 0.333. The fourth-order valence-corrected chi connectivity index (χ4v) is 1.83. The Labute approximate surface area is 88.7 Å². The Morgan fingerprint density at radius 1 is 1.40 bits per heavy atom. The molecular weight excluding hydrogens is 188 g/mol. The first-order valence-electron chi connectivity index (χ1n) is 5.25. The molecule has 2 aromatic heterocycles. The highest BCUT2D eigenvalue weighted by Gasteiger charge is 2.41. The highest BCUT2D eigenvalue weighted by atomic mass is 16.5. The van der Waals surface area contributed by atoms with Crippen LogP contribution in [0.15, 0.2) is 24.4 Å². The maximum absolute atomic E-state index is 5.17. The Hall–Kier alpha value is -1.51. The lowest BCUT2D eigenvalue weighted by Gasteiger charge is -2.00. The van der Waals surface area contributed by atoms with Gasteiger partial charge in [0.15, 0.2) is 0 Å². The average molecular weight is 202 g/mol. The molecule has 3 nitrogen and oxygen atoms in total. The molecule has 2 heterocycles. The van der Waals surface area contributed by atoms with E-state index in [1.165, 1.54) is 18.5 Å². The highest BCUT2D eigenvalue weighted by Crippen LogP contribution is 2.47. The minimum Gasteiger partial charge on any atom is -0.495 e. The van der Waals surface area contributed by atoms with E-state index in [0.717, 1.165) is 11.3 Å². The van der Waals surface area contributed by atoms with Crippen molar-refractivity contribution < 1.29 is 4.74 Å². The summed E-state index contributed by atoms with van der Waals surface area (Å²) in [4.78, 5) is 0. The number of fused-ring (bicyclic) bond motifs is 1. The molecule has 0 N–H and O–H groups in total. The number of hydrogen-bond acceptors (Lipinski definition) is 2. The van der Waals surface area contributed by atoms with Gasteiger partial charge < -0.3 is 4.74 Å². The van der Waals surface area contributed by atoms with Crippen molar-refractivity contribution in [2.75, 3.05) is 7.11 Å². The number of hydrogen-bond donors (Lipinski definition) is 0. The van der Waals surface area contributed by atoms with Crippen molar-refractivity contribution >= 4 is 5.52 Å². The lowest BCUT2D eigenvalue weighted by Crippen LogP contribution is -2.00. The molecule has 0 atom stereocenters. The first-order chi connectivity index (χ1) is 7.21. The molecule has 2 aromatic rings. The Kier molecular flexibility index (Phi) is 1.61. The van der Waals surface area contributed by atoms with Crippen LogP contribution >= 0.6 is 0 Å². The van der Waals surface area contributed by atoms with E-state index in [1.807, 2.05) is 22.8 Å². The molecule has 0 radical (unpaired) electrons. The molecule has 1 aliphatic carbocycles. The second-order valence-corrected chi connectivity index (χ2v) is 4.53. The number of ether oxygens (including phenoxy) is 1. The molecule has 0 aromatic carbocycles. The van der Waals surface area contributed by atoms with E-state index in [0.29, 0.717) is 5.41 Å². The Bertz CT molecular complexity index is 511. The van der Waals surface area contributed by atoms with Gasteiger partial charge >= 0.3 is 0 Å². The molecule has 0 spiro atoms. The van der Waals surface area contributed by atoms with E-state index < -0.39 is 0 Å². The standard InChI is InChI=1S/C12H14N2O/c1-12(5-6-12)11-7-9-3-4-10(15-2)8-14(9)13-11/h3-4,7-8H,5-6H2,1-2H3. The van der Waals surface area contributed by atoms with Crippen molar-refractivity contribution in [1.82, 2.24) is 9.61 Å². The third kappa shape index (κ3) is 1.30. The van der Waals surface area contributed by atoms with E-state index in [2.05, 4.69) is 18.1 Å². The average Bonchev–Trinajstić information content (AvgIpc) is 2.85.